The van der Waals surface area contributed by atoms with E-state index in [-0.39, 0.29) is 23.7 Å². The third-order valence-corrected chi connectivity index (χ3v) is 6.04. The van der Waals surface area contributed by atoms with E-state index in [9.17, 15) is 28.4 Å². The fourth-order valence-corrected chi connectivity index (χ4v) is 4.16. The number of benzene rings is 3. The standard InChI is InChI=1S/C21H16N4O8S/c26-21(27)15-3-1-2-4-16(15)24-34(30,31)14-6-7-17(18(10-14)25(28)29)23-22-11-13-5-8-19-20(9-13)33-12-32-19/h1-11,23-24H,12H2,(H,26,27)/b22-11-. The summed E-state index contributed by atoms with van der Waals surface area (Å²) in [7, 11) is -4.32. The van der Waals surface area contributed by atoms with Crippen molar-refractivity contribution in [3.05, 3.63) is 81.9 Å². The second-order valence-corrected chi connectivity index (χ2v) is 8.56. The zero-order valence-corrected chi connectivity index (χ0v) is 18.0. The Kier molecular flexibility index (Phi) is 6.01. The number of nitrogens with zero attached hydrogens (tertiary/aromatic N) is 2. The van der Waals surface area contributed by atoms with Crippen LogP contribution < -0.4 is 19.6 Å². The van der Waals surface area contributed by atoms with E-state index in [1.807, 2.05) is 0 Å². The van der Waals surface area contributed by atoms with Gasteiger partial charge in [0.05, 0.1) is 27.3 Å². The van der Waals surface area contributed by atoms with Gasteiger partial charge in [-0.25, -0.2) is 13.2 Å². The summed E-state index contributed by atoms with van der Waals surface area (Å²) in [6.07, 6.45) is 1.40. The van der Waals surface area contributed by atoms with Gasteiger partial charge in [0.1, 0.15) is 5.69 Å². The Bertz CT molecular complexity index is 1420. The number of carboxylic acids is 1. The number of hydrogen-bond donors (Lipinski definition) is 3. The first-order chi connectivity index (χ1) is 16.2. The molecule has 12 nitrogen and oxygen atoms in total. The lowest BCUT2D eigenvalue weighted by Gasteiger charge is -2.11. The second kappa shape index (κ2) is 9.07. The molecule has 0 unspecified atom stereocenters. The zero-order chi connectivity index (χ0) is 24.3. The van der Waals surface area contributed by atoms with Crippen LogP contribution in [0.4, 0.5) is 17.1 Å². The molecule has 0 aliphatic carbocycles. The van der Waals surface area contributed by atoms with Crippen LogP contribution in [0.3, 0.4) is 0 Å². The first-order valence-corrected chi connectivity index (χ1v) is 11.1. The highest BCUT2D eigenvalue weighted by Crippen LogP contribution is 2.32. The Hall–Kier alpha value is -4.65. The van der Waals surface area contributed by atoms with Crippen molar-refractivity contribution in [2.75, 3.05) is 16.9 Å². The Balaban J connectivity index is 1.56. The van der Waals surface area contributed by atoms with Gasteiger partial charge in [-0.15, -0.1) is 0 Å². The highest BCUT2D eigenvalue weighted by atomic mass is 32.2. The molecule has 0 spiro atoms. The largest absolute Gasteiger partial charge is 0.478 e. The molecule has 0 saturated carbocycles. The van der Waals surface area contributed by atoms with Crippen LogP contribution in [-0.2, 0) is 10.0 Å². The van der Waals surface area contributed by atoms with Crippen LogP contribution in [0.15, 0.2) is 70.7 Å². The minimum atomic E-state index is -4.32. The molecule has 34 heavy (non-hydrogen) atoms. The van der Waals surface area contributed by atoms with Crippen molar-refractivity contribution in [3.63, 3.8) is 0 Å². The number of nitrogens with one attached hydrogen (secondary N) is 2. The highest BCUT2D eigenvalue weighted by Gasteiger charge is 2.23. The molecule has 0 bridgehead atoms. The van der Waals surface area contributed by atoms with Crippen LogP contribution in [0.2, 0.25) is 0 Å². The molecule has 0 radical (unpaired) electrons. The van der Waals surface area contributed by atoms with Gasteiger partial charge >= 0.3 is 5.97 Å². The summed E-state index contributed by atoms with van der Waals surface area (Å²) >= 11 is 0. The number of carboxylic acid groups (broad SMARTS) is 1. The lowest BCUT2D eigenvalue weighted by atomic mass is 10.2. The van der Waals surface area contributed by atoms with E-state index in [0.29, 0.717) is 17.1 Å². The molecule has 0 aromatic heterocycles. The summed E-state index contributed by atoms with van der Waals surface area (Å²) in [4.78, 5) is 21.7. The molecule has 0 fully saturated rings. The molecule has 174 valence electrons. The molecule has 13 heteroatoms. The van der Waals surface area contributed by atoms with Crippen molar-refractivity contribution in [1.29, 1.82) is 0 Å². The summed E-state index contributed by atoms with van der Waals surface area (Å²) in [6, 6.07) is 13.7. The molecular formula is C21H16N4O8S. The molecule has 1 aliphatic heterocycles. The van der Waals surface area contributed by atoms with Crippen LogP contribution in [0.25, 0.3) is 0 Å². The fraction of sp³-hybridized carbons (Fsp3) is 0.0476. The van der Waals surface area contributed by atoms with Crippen molar-refractivity contribution in [2.45, 2.75) is 4.90 Å². The first kappa shape index (κ1) is 22.5. The van der Waals surface area contributed by atoms with Crippen molar-refractivity contribution < 1.29 is 32.7 Å². The number of aromatic carboxylic acids is 1. The summed E-state index contributed by atoms with van der Waals surface area (Å²) in [6.45, 7) is 0.117. The van der Waals surface area contributed by atoms with Crippen LogP contribution in [0.5, 0.6) is 11.5 Å². The number of hydrogen-bond acceptors (Lipinski definition) is 9. The van der Waals surface area contributed by atoms with Gasteiger partial charge in [-0.1, -0.05) is 12.1 Å². The summed E-state index contributed by atoms with van der Waals surface area (Å²) in [5, 5.41) is 24.8. The molecule has 0 atom stereocenters. The SMILES string of the molecule is O=C(O)c1ccccc1NS(=O)(=O)c1ccc(N/N=C\c2ccc3c(c2)OCO3)c([N+](=O)[O-])c1. The van der Waals surface area contributed by atoms with Gasteiger partial charge in [0, 0.05) is 6.07 Å². The number of para-hydroxylation sites is 1. The molecule has 3 aromatic rings. The summed E-state index contributed by atoms with van der Waals surface area (Å²) < 4.78 is 38.2. The lowest BCUT2D eigenvalue weighted by molar-refractivity contribution is -0.384. The number of ether oxygens (including phenoxy) is 2. The molecule has 3 N–H and O–H groups in total. The highest BCUT2D eigenvalue weighted by molar-refractivity contribution is 7.92. The number of nitro benzene ring substituents is 1. The quantitative estimate of drug-likeness (QED) is 0.247. The lowest BCUT2D eigenvalue weighted by Crippen LogP contribution is -2.16. The summed E-state index contributed by atoms with van der Waals surface area (Å²) in [5.41, 5.74) is 2.13. The second-order valence-electron chi connectivity index (χ2n) is 6.88. The topological polar surface area (TPSA) is 169 Å². The minimum Gasteiger partial charge on any atom is -0.478 e. The van der Waals surface area contributed by atoms with Gasteiger partial charge in [-0.2, -0.15) is 5.10 Å². The predicted molar refractivity (Wildman–Crippen MR) is 121 cm³/mol. The van der Waals surface area contributed by atoms with Gasteiger partial charge in [-0.05, 0) is 48.0 Å². The number of carbonyl (C=O) groups is 1. The molecule has 0 amide bonds. The molecule has 4 rings (SSSR count). The Morgan fingerprint density at radius 3 is 2.59 bits per heavy atom. The van der Waals surface area contributed by atoms with Gasteiger partial charge in [0.25, 0.3) is 15.7 Å². The van der Waals surface area contributed by atoms with Crippen molar-refractivity contribution in [1.82, 2.24) is 0 Å². The molecule has 0 saturated heterocycles. The van der Waals surface area contributed by atoms with Crippen LogP contribution in [0.1, 0.15) is 15.9 Å². The number of anilines is 2. The normalized spacial score (nSPS) is 12.5. The third kappa shape index (κ3) is 4.73. The van der Waals surface area contributed by atoms with E-state index in [1.165, 1.54) is 36.5 Å². The Morgan fingerprint density at radius 1 is 1.06 bits per heavy atom. The molecule has 1 heterocycles. The third-order valence-electron chi connectivity index (χ3n) is 4.67. The average molecular weight is 484 g/mol. The smallest absolute Gasteiger partial charge is 0.337 e. The van der Waals surface area contributed by atoms with E-state index in [4.69, 9.17) is 9.47 Å². The van der Waals surface area contributed by atoms with Crippen LogP contribution >= 0.6 is 0 Å². The van der Waals surface area contributed by atoms with Crippen LogP contribution in [-0.4, -0.2) is 37.4 Å². The zero-order valence-electron chi connectivity index (χ0n) is 17.2. The maximum Gasteiger partial charge on any atom is 0.337 e. The number of hydrazone groups is 1. The monoisotopic (exact) mass is 484 g/mol. The summed E-state index contributed by atoms with van der Waals surface area (Å²) in [5.74, 6) is -0.192. The molecular weight excluding hydrogens is 468 g/mol. The predicted octanol–water partition coefficient (Wildman–Crippen LogP) is 3.27. The number of rotatable bonds is 8. The van der Waals surface area contributed by atoms with Crippen molar-refractivity contribution >= 4 is 39.3 Å². The van der Waals surface area contributed by atoms with Gasteiger partial charge in [0.2, 0.25) is 6.79 Å². The average Bonchev–Trinajstić information content (AvgIpc) is 3.27. The van der Waals surface area contributed by atoms with Crippen molar-refractivity contribution in [2.24, 2.45) is 5.10 Å². The fourth-order valence-electron chi connectivity index (χ4n) is 3.06. The van der Waals surface area contributed by atoms with Gasteiger partial charge in [0.15, 0.2) is 11.5 Å². The van der Waals surface area contributed by atoms with E-state index >= 15 is 0 Å². The van der Waals surface area contributed by atoms with Crippen LogP contribution in [0, 0.1) is 10.1 Å². The van der Waals surface area contributed by atoms with E-state index in [0.717, 1.165) is 12.1 Å². The number of sulfonamides is 1. The van der Waals surface area contributed by atoms with Crippen molar-refractivity contribution in [3.8, 4) is 11.5 Å². The Labute approximate surface area is 192 Å². The Morgan fingerprint density at radius 2 is 1.82 bits per heavy atom. The minimum absolute atomic E-state index is 0.0492. The maximum atomic E-state index is 12.8. The molecule has 3 aromatic carbocycles. The van der Waals surface area contributed by atoms with Gasteiger partial charge < -0.3 is 14.6 Å². The number of nitro groups is 1. The van der Waals surface area contributed by atoms with E-state index in [2.05, 4.69) is 15.2 Å². The van der Waals surface area contributed by atoms with E-state index in [1.54, 1.807) is 18.2 Å². The van der Waals surface area contributed by atoms with Gasteiger partial charge in [-0.3, -0.25) is 20.3 Å². The number of fused-ring (bicyclic) bond motifs is 1. The molecule has 1 aliphatic rings. The van der Waals surface area contributed by atoms with E-state index < -0.39 is 31.5 Å². The first-order valence-electron chi connectivity index (χ1n) is 9.57. The maximum absolute atomic E-state index is 12.8.